The van der Waals surface area contributed by atoms with Crippen LogP contribution in [0, 0.1) is 0 Å². The number of methoxy groups -OCH3 is 1. The van der Waals surface area contributed by atoms with Crippen molar-refractivity contribution < 1.29 is 4.74 Å². The summed E-state index contributed by atoms with van der Waals surface area (Å²) < 4.78 is 6.75. The summed E-state index contributed by atoms with van der Waals surface area (Å²) in [6, 6.07) is 0. The van der Waals surface area contributed by atoms with Crippen molar-refractivity contribution in [2.24, 2.45) is 0 Å². The third-order valence-electron chi connectivity index (χ3n) is 2.13. The molecular formula is C10H19N5OS. The predicted molar refractivity (Wildman–Crippen MR) is 69.7 cm³/mol. The molecule has 7 heteroatoms. The van der Waals surface area contributed by atoms with Gasteiger partial charge >= 0.3 is 0 Å². The molecule has 17 heavy (non-hydrogen) atoms. The molecule has 0 aliphatic rings. The highest BCUT2D eigenvalue weighted by atomic mass is 32.1. The Morgan fingerprint density at radius 2 is 2.12 bits per heavy atom. The second kappa shape index (κ2) is 8.89. The van der Waals surface area contributed by atoms with E-state index in [4.69, 9.17) is 17.0 Å². The molecule has 0 radical (unpaired) electrons. The maximum absolute atomic E-state index is 5.12. The first-order valence-electron chi connectivity index (χ1n) is 5.67. The Labute approximate surface area is 107 Å². The number of nitrogens with one attached hydrogen (secondary N) is 2. The fourth-order valence-corrected chi connectivity index (χ4v) is 1.48. The van der Waals surface area contributed by atoms with Gasteiger partial charge in [0.05, 0.1) is 6.20 Å². The predicted octanol–water partition coefficient (Wildman–Crippen LogP) is 0.169. The van der Waals surface area contributed by atoms with Crippen LogP contribution in [-0.2, 0) is 11.3 Å². The number of aromatic nitrogens is 3. The standard InChI is InChI=1S/C10H19N5OS/c1-16-9-3-5-12-10(17)11-4-2-7-15-8-6-13-14-15/h6,8H,2-5,7,9H2,1H3,(H2,11,12,17). The van der Waals surface area contributed by atoms with E-state index in [9.17, 15) is 0 Å². The van der Waals surface area contributed by atoms with Crippen molar-refractivity contribution in [3.05, 3.63) is 12.4 Å². The van der Waals surface area contributed by atoms with E-state index in [2.05, 4.69) is 20.9 Å². The summed E-state index contributed by atoms with van der Waals surface area (Å²) in [5, 5.41) is 14.6. The minimum atomic E-state index is 0.694. The summed E-state index contributed by atoms with van der Waals surface area (Å²) >= 11 is 5.12. The topological polar surface area (TPSA) is 64.0 Å². The highest BCUT2D eigenvalue weighted by molar-refractivity contribution is 7.80. The second-order valence-electron chi connectivity index (χ2n) is 3.55. The second-order valence-corrected chi connectivity index (χ2v) is 3.96. The van der Waals surface area contributed by atoms with Gasteiger partial charge in [0.2, 0.25) is 0 Å². The van der Waals surface area contributed by atoms with Crippen molar-refractivity contribution in [1.82, 2.24) is 25.6 Å². The molecule has 0 bridgehead atoms. The molecule has 0 atom stereocenters. The molecule has 0 saturated heterocycles. The van der Waals surface area contributed by atoms with Crippen LogP contribution in [0.25, 0.3) is 0 Å². The smallest absolute Gasteiger partial charge is 0.166 e. The summed E-state index contributed by atoms with van der Waals surface area (Å²) in [5.74, 6) is 0. The lowest BCUT2D eigenvalue weighted by Gasteiger charge is -2.09. The lowest BCUT2D eigenvalue weighted by molar-refractivity contribution is 0.195. The number of hydrogen-bond acceptors (Lipinski definition) is 4. The van der Waals surface area contributed by atoms with Gasteiger partial charge in [0, 0.05) is 39.5 Å². The van der Waals surface area contributed by atoms with Gasteiger partial charge in [-0.25, -0.2) is 0 Å². The van der Waals surface area contributed by atoms with Crippen LogP contribution in [0.2, 0.25) is 0 Å². The quantitative estimate of drug-likeness (QED) is 0.511. The van der Waals surface area contributed by atoms with E-state index in [1.54, 1.807) is 18.0 Å². The molecule has 0 fully saturated rings. The largest absolute Gasteiger partial charge is 0.385 e. The Morgan fingerprint density at radius 3 is 2.76 bits per heavy atom. The molecule has 1 rings (SSSR count). The van der Waals surface area contributed by atoms with Crippen molar-refractivity contribution >= 4 is 17.3 Å². The molecule has 2 N–H and O–H groups in total. The fourth-order valence-electron chi connectivity index (χ4n) is 1.28. The van der Waals surface area contributed by atoms with E-state index in [0.29, 0.717) is 5.11 Å². The molecule has 0 unspecified atom stereocenters. The van der Waals surface area contributed by atoms with Crippen LogP contribution < -0.4 is 10.6 Å². The summed E-state index contributed by atoms with van der Waals surface area (Å²) in [6.45, 7) is 3.26. The fraction of sp³-hybridized carbons (Fsp3) is 0.700. The van der Waals surface area contributed by atoms with E-state index in [1.165, 1.54) is 0 Å². The molecule has 1 aromatic heterocycles. The molecule has 0 aromatic carbocycles. The van der Waals surface area contributed by atoms with Crippen molar-refractivity contribution in [2.45, 2.75) is 19.4 Å². The number of hydrogen-bond donors (Lipinski definition) is 2. The number of ether oxygens (including phenoxy) is 1. The average molecular weight is 257 g/mol. The van der Waals surface area contributed by atoms with Crippen LogP contribution >= 0.6 is 12.2 Å². The SMILES string of the molecule is COCCCNC(=S)NCCCn1ccnn1. The van der Waals surface area contributed by atoms with Crippen LogP contribution in [0.3, 0.4) is 0 Å². The van der Waals surface area contributed by atoms with Crippen LogP contribution in [0.5, 0.6) is 0 Å². The zero-order chi connectivity index (χ0) is 12.3. The Morgan fingerprint density at radius 1 is 1.35 bits per heavy atom. The minimum absolute atomic E-state index is 0.694. The van der Waals surface area contributed by atoms with Gasteiger partial charge in [0.15, 0.2) is 5.11 Å². The summed E-state index contributed by atoms with van der Waals surface area (Å²) in [7, 11) is 1.70. The van der Waals surface area contributed by atoms with Gasteiger partial charge < -0.3 is 15.4 Å². The third-order valence-corrected chi connectivity index (χ3v) is 2.42. The van der Waals surface area contributed by atoms with Crippen molar-refractivity contribution in [1.29, 1.82) is 0 Å². The van der Waals surface area contributed by atoms with Gasteiger partial charge in [0.25, 0.3) is 0 Å². The minimum Gasteiger partial charge on any atom is -0.385 e. The molecule has 0 aliphatic carbocycles. The van der Waals surface area contributed by atoms with Crippen LogP contribution in [0.4, 0.5) is 0 Å². The monoisotopic (exact) mass is 257 g/mol. The van der Waals surface area contributed by atoms with Gasteiger partial charge in [-0.15, -0.1) is 5.10 Å². The number of aryl methyl sites for hydroxylation is 1. The number of rotatable bonds is 8. The zero-order valence-electron chi connectivity index (χ0n) is 10.1. The lowest BCUT2D eigenvalue weighted by atomic mass is 10.4. The number of nitrogens with zero attached hydrogens (tertiary/aromatic N) is 3. The molecule has 1 heterocycles. The Hall–Kier alpha value is -1.21. The summed E-state index contributed by atoms with van der Waals surface area (Å²) in [6.07, 6.45) is 5.44. The van der Waals surface area contributed by atoms with Crippen molar-refractivity contribution in [3.8, 4) is 0 Å². The van der Waals surface area contributed by atoms with Gasteiger partial charge in [-0.2, -0.15) is 0 Å². The Bertz CT molecular complexity index is 304. The van der Waals surface area contributed by atoms with Crippen molar-refractivity contribution in [2.75, 3.05) is 26.8 Å². The maximum atomic E-state index is 5.12. The Balaban J connectivity index is 1.93. The van der Waals surface area contributed by atoms with Crippen LogP contribution in [0.1, 0.15) is 12.8 Å². The molecule has 96 valence electrons. The highest BCUT2D eigenvalue weighted by Gasteiger charge is 1.95. The first kappa shape index (κ1) is 13.9. The van der Waals surface area contributed by atoms with Gasteiger partial charge in [-0.1, -0.05) is 5.21 Å². The number of thiocarbonyl (C=S) groups is 1. The average Bonchev–Trinajstić information content (AvgIpc) is 2.83. The van der Waals surface area contributed by atoms with E-state index in [0.717, 1.165) is 39.1 Å². The van der Waals surface area contributed by atoms with Gasteiger partial charge in [-0.05, 0) is 25.1 Å². The molecule has 6 nitrogen and oxygen atoms in total. The molecular weight excluding hydrogens is 238 g/mol. The summed E-state index contributed by atoms with van der Waals surface area (Å²) in [4.78, 5) is 0. The normalized spacial score (nSPS) is 10.2. The first-order valence-corrected chi connectivity index (χ1v) is 6.08. The first-order chi connectivity index (χ1) is 8.33. The van der Waals surface area contributed by atoms with Crippen LogP contribution in [-0.4, -0.2) is 46.9 Å². The summed E-state index contributed by atoms with van der Waals surface area (Å²) in [5.41, 5.74) is 0. The Kier molecular flexibility index (Phi) is 7.24. The highest BCUT2D eigenvalue weighted by Crippen LogP contribution is 1.85. The van der Waals surface area contributed by atoms with Crippen molar-refractivity contribution in [3.63, 3.8) is 0 Å². The van der Waals surface area contributed by atoms with E-state index in [1.807, 2.05) is 6.20 Å². The van der Waals surface area contributed by atoms with E-state index < -0.39 is 0 Å². The van der Waals surface area contributed by atoms with E-state index in [-0.39, 0.29) is 0 Å². The maximum Gasteiger partial charge on any atom is 0.166 e. The molecule has 0 aliphatic heterocycles. The molecule has 0 spiro atoms. The van der Waals surface area contributed by atoms with Crippen LogP contribution in [0.15, 0.2) is 12.4 Å². The zero-order valence-corrected chi connectivity index (χ0v) is 10.9. The van der Waals surface area contributed by atoms with Gasteiger partial charge in [0.1, 0.15) is 0 Å². The van der Waals surface area contributed by atoms with Gasteiger partial charge in [-0.3, -0.25) is 4.68 Å². The molecule has 0 saturated carbocycles. The van der Waals surface area contributed by atoms with E-state index >= 15 is 0 Å². The molecule has 0 amide bonds. The molecule has 1 aromatic rings. The lowest BCUT2D eigenvalue weighted by Crippen LogP contribution is -2.36. The third kappa shape index (κ3) is 6.85.